The molecule has 0 saturated carbocycles. The van der Waals surface area contributed by atoms with Crippen LogP contribution in [0.5, 0.6) is 5.75 Å². The number of hydrogen-bond acceptors (Lipinski definition) is 8. The number of nitrogens with zero attached hydrogens (tertiary/aromatic N) is 4. The van der Waals surface area contributed by atoms with Crippen molar-refractivity contribution in [3.63, 3.8) is 0 Å². The van der Waals surface area contributed by atoms with Gasteiger partial charge in [-0.15, -0.1) is 16.8 Å². The largest absolute Gasteiger partial charge is 0.495 e. The summed E-state index contributed by atoms with van der Waals surface area (Å²) in [5, 5.41) is 25.2. The molecule has 12 heteroatoms. The quantitative estimate of drug-likeness (QED) is 0.177. The molecule has 11 nitrogen and oxygen atoms in total. The van der Waals surface area contributed by atoms with E-state index in [-0.39, 0.29) is 29.7 Å². The Morgan fingerprint density at radius 1 is 1.20 bits per heavy atom. The van der Waals surface area contributed by atoms with E-state index in [9.17, 15) is 19.7 Å². The van der Waals surface area contributed by atoms with Crippen LogP contribution in [0.4, 0.5) is 17.1 Å². The number of anilines is 2. The number of aromatic nitrogens is 3. The Labute approximate surface area is 205 Å². The highest BCUT2D eigenvalue weighted by Crippen LogP contribution is 2.25. The van der Waals surface area contributed by atoms with Crippen molar-refractivity contribution >= 4 is 40.6 Å². The number of allylic oxidation sites excluding steroid dienone is 1. The van der Waals surface area contributed by atoms with Gasteiger partial charge in [0.15, 0.2) is 5.16 Å². The van der Waals surface area contributed by atoms with Crippen LogP contribution >= 0.6 is 11.8 Å². The maximum absolute atomic E-state index is 12.6. The SMILES string of the molecule is C=CCn1c(CC(=O)Nc2ccccc2OC)nnc1SCC(=O)Nc1ccc(C)c([N+](=O)[O-])c1. The summed E-state index contributed by atoms with van der Waals surface area (Å²) in [6, 6.07) is 11.5. The molecule has 1 heterocycles. The van der Waals surface area contributed by atoms with E-state index >= 15 is 0 Å². The number of carbonyl (C=O) groups is 2. The highest BCUT2D eigenvalue weighted by molar-refractivity contribution is 7.99. The standard InChI is InChI=1S/C23H24N6O5S/c1-4-11-28-20(13-21(30)25-17-7-5-6-8-19(17)34-3)26-27-23(28)35-14-22(31)24-16-10-9-15(2)18(12-16)29(32)33/h4-10,12H,1,11,13-14H2,2-3H3,(H,24,31)(H,25,30). The lowest BCUT2D eigenvalue weighted by atomic mass is 10.2. The van der Waals surface area contributed by atoms with Gasteiger partial charge in [-0.3, -0.25) is 19.7 Å². The van der Waals surface area contributed by atoms with Gasteiger partial charge >= 0.3 is 0 Å². The summed E-state index contributed by atoms with van der Waals surface area (Å²) < 4.78 is 6.95. The number of hydrogen-bond donors (Lipinski definition) is 2. The Bertz CT molecular complexity index is 1260. The summed E-state index contributed by atoms with van der Waals surface area (Å²) in [5.41, 5.74) is 1.30. The maximum atomic E-state index is 12.6. The van der Waals surface area contributed by atoms with E-state index in [1.165, 1.54) is 13.2 Å². The molecule has 0 fully saturated rings. The predicted molar refractivity (Wildman–Crippen MR) is 133 cm³/mol. The highest BCUT2D eigenvalue weighted by atomic mass is 32.2. The summed E-state index contributed by atoms with van der Waals surface area (Å²) in [6.45, 7) is 5.70. The number of methoxy groups -OCH3 is 1. The molecule has 0 aliphatic heterocycles. The van der Waals surface area contributed by atoms with Gasteiger partial charge < -0.3 is 19.9 Å². The zero-order valence-electron chi connectivity index (χ0n) is 19.2. The van der Waals surface area contributed by atoms with Crippen LogP contribution in [0, 0.1) is 17.0 Å². The number of para-hydroxylation sites is 2. The Morgan fingerprint density at radius 2 is 1.97 bits per heavy atom. The molecule has 0 atom stereocenters. The second-order valence-electron chi connectivity index (χ2n) is 7.32. The van der Waals surface area contributed by atoms with Crippen molar-refractivity contribution < 1.29 is 19.2 Å². The van der Waals surface area contributed by atoms with Crippen LogP contribution in [0.1, 0.15) is 11.4 Å². The van der Waals surface area contributed by atoms with Crippen molar-refractivity contribution in [2.24, 2.45) is 0 Å². The first-order valence-electron chi connectivity index (χ1n) is 10.5. The lowest BCUT2D eigenvalue weighted by molar-refractivity contribution is -0.385. The Kier molecular flexibility index (Phi) is 8.57. The number of thioether (sulfide) groups is 1. The summed E-state index contributed by atoms with van der Waals surface area (Å²) in [4.78, 5) is 35.6. The number of aryl methyl sites for hydroxylation is 1. The topological polar surface area (TPSA) is 141 Å². The number of nitrogens with one attached hydrogen (secondary N) is 2. The van der Waals surface area contributed by atoms with Gasteiger partial charge in [0, 0.05) is 23.9 Å². The zero-order valence-corrected chi connectivity index (χ0v) is 20.0. The highest BCUT2D eigenvalue weighted by Gasteiger charge is 2.18. The van der Waals surface area contributed by atoms with E-state index in [1.807, 2.05) is 0 Å². The van der Waals surface area contributed by atoms with Crippen LogP contribution in [-0.4, -0.2) is 44.4 Å². The van der Waals surface area contributed by atoms with Crippen molar-refractivity contribution in [1.82, 2.24) is 14.8 Å². The van der Waals surface area contributed by atoms with Gasteiger partial charge in [-0.2, -0.15) is 0 Å². The smallest absolute Gasteiger partial charge is 0.274 e. The van der Waals surface area contributed by atoms with Crippen LogP contribution in [0.3, 0.4) is 0 Å². The molecule has 0 bridgehead atoms. The molecule has 3 aromatic rings. The summed E-state index contributed by atoms with van der Waals surface area (Å²) in [7, 11) is 1.52. The molecule has 0 spiro atoms. The van der Waals surface area contributed by atoms with Gasteiger partial charge in [0.1, 0.15) is 11.6 Å². The van der Waals surface area contributed by atoms with E-state index < -0.39 is 4.92 Å². The summed E-state index contributed by atoms with van der Waals surface area (Å²) >= 11 is 1.13. The first kappa shape index (κ1) is 25.4. The number of benzene rings is 2. The van der Waals surface area contributed by atoms with E-state index in [0.717, 1.165) is 11.8 Å². The predicted octanol–water partition coefficient (Wildman–Crippen LogP) is 3.60. The molecule has 3 rings (SSSR count). The van der Waals surface area contributed by atoms with E-state index in [1.54, 1.807) is 54.0 Å². The van der Waals surface area contributed by atoms with Crippen LogP contribution in [0.25, 0.3) is 0 Å². The first-order valence-corrected chi connectivity index (χ1v) is 11.4. The second-order valence-corrected chi connectivity index (χ2v) is 8.26. The van der Waals surface area contributed by atoms with Crippen LogP contribution < -0.4 is 15.4 Å². The average molecular weight is 497 g/mol. The average Bonchev–Trinajstić information content (AvgIpc) is 3.20. The third-order valence-electron chi connectivity index (χ3n) is 4.83. The van der Waals surface area contributed by atoms with Crippen molar-refractivity contribution in [2.75, 3.05) is 23.5 Å². The molecule has 35 heavy (non-hydrogen) atoms. The Morgan fingerprint density at radius 3 is 2.69 bits per heavy atom. The molecule has 0 aliphatic rings. The van der Waals surface area contributed by atoms with Gasteiger partial charge in [-0.25, -0.2) is 0 Å². The third-order valence-corrected chi connectivity index (χ3v) is 5.79. The molecule has 0 unspecified atom stereocenters. The minimum atomic E-state index is -0.497. The van der Waals surface area contributed by atoms with Gasteiger partial charge in [0.05, 0.1) is 29.9 Å². The number of carbonyl (C=O) groups excluding carboxylic acids is 2. The van der Waals surface area contributed by atoms with E-state index in [0.29, 0.717) is 40.2 Å². The third kappa shape index (κ3) is 6.67. The Hall–Kier alpha value is -4.19. The van der Waals surface area contributed by atoms with Crippen LogP contribution in [-0.2, 0) is 22.6 Å². The number of nitro benzene ring substituents is 1. The lowest BCUT2D eigenvalue weighted by Gasteiger charge is -2.11. The Balaban J connectivity index is 1.64. The molecule has 1 aromatic heterocycles. The summed E-state index contributed by atoms with van der Waals surface area (Å²) in [5.74, 6) is 0.271. The van der Waals surface area contributed by atoms with Gasteiger partial charge in [-0.1, -0.05) is 36.0 Å². The number of rotatable bonds is 11. The molecule has 2 N–H and O–H groups in total. The number of amides is 2. The molecule has 0 radical (unpaired) electrons. The zero-order chi connectivity index (χ0) is 25.4. The lowest BCUT2D eigenvalue weighted by Crippen LogP contribution is -2.18. The molecule has 0 saturated heterocycles. The van der Waals surface area contributed by atoms with Crippen LogP contribution in [0.15, 0.2) is 60.3 Å². The van der Waals surface area contributed by atoms with Crippen molar-refractivity contribution in [3.05, 3.63) is 76.6 Å². The second kappa shape index (κ2) is 11.8. The minimum absolute atomic E-state index is 0.00956. The molecule has 0 aliphatic carbocycles. The molecule has 182 valence electrons. The summed E-state index contributed by atoms with van der Waals surface area (Å²) in [6.07, 6.45) is 1.60. The van der Waals surface area contributed by atoms with Crippen molar-refractivity contribution in [1.29, 1.82) is 0 Å². The number of ether oxygens (including phenoxy) is 1. The molecular formula is C23H24N6O5S. The van der Waals surface area contributed by atoms with Crippen LogP contribution in [0.2, 0.25) is 0 Å². The molecule has 2 aromatic carbocycles. The normalized spacial score (nSPS) is 10.5. The van der Waals surface area contributed by atoms with E-state index in [2.05, 4.69) is 27.4 Å². The monoisotopic (exact) mass is 496 g/mol. The molecular weight excluding hydrogens is 472 g/mol. The van der Waals surface area contributed by atoms with Crippen molar-refractivity contribution in [3.8, 4) is 5.75 Å². The van der Waals surface area contributed by atoms with Gasteiger partial charge in [-0.05, 0) is 25.1 Å². The number of nitro groups is 1. The molecule has 2 amide bonds. The fourth-order valence-electron chi connectivity index (χ4n) is 3.17. The van der Waals surface area contributed by atoms with Gasteiger partial charge in [0.25, 0.3) is 5.69 Å². The first-order chi connectivity index (χ1) is 16.8. The fraction of sp³-hybridized carbons (Fsp3) is 0.217. The van der Waals surface area contributed by atoms with Crippen molar-refractivity contribution in [2.45, 2.75) is 25.0 Å². The maximum Gasteiger partial charge on any atom is 0.274 e. The minimum Gasteiger partial charge on any atom is -0.495 e. The fourth-order valence-corrected chi connectivity index (χ4v) is 3.93. The van der Waals surface area contributed by atoms with E-state index in [4.69, 9.17) is 4.74 Å². The van der Waals surface area contributed by atoms with Gasteiger partial charge in [0.2, 0.25) is 11.8 Å².